The molecule has 0 aliphatic carbocycles. The maximum absolute atomic E-state index is 13.3. The average Bonchev–Trinajstić information content (AvgIpc) is 3.25. The molecule has 5 heteroatoms. The van der Waals surface area contributed by atoms with Crippen LogP contribution in [0.15, 0.2) is 71.1 Å². The van der Waals surface area contributed by atoms with Crippen molar-refractivity contribution in [1.29, 1.82) is 0 Å². The van der Waals surface area contributed by atoms with E-state index in [1.165, 1.54) is 12.1 Å². The van der Waals surface area contributed by atoms with Crippen molar-refractivity contribution in [1.82, 2.24) is 0 Å². The van der Waals surface area contributed by atoms with Gasteiger partial charge >= 0.3 is 0 Å². The molecule has 1 aliphatic rings. The van der Waals surface area contributed by atoms with Crippen LogP contribution < -0.4 is 5.01 Å². The lowest BCUT2D eigenvalue weighted by molar-refractivity contribution is 0.624. The molecule has 1 aromatic heterocycles. The van der Waals surface area contributed by atoms with Crippen LogP contribution in [0.4, 0.5) is 10.1 Å². The number of thiophene rings is 1. The Kier molecular flexibility index (Phi) is 4.08. The van der Waals surface area contributed by atoms with Crippen LogP contribution in [-0.2, 0) is 0 Å². The fourth-order valence-electron chi connectivity index (χ4n) is 2.90. The molecular formula is C19H14ClFN2S. The summed E-state index contributed by atoms with van der Waals surface area (Å²) in [5, 5.41) is 9.53. The van der Waals surface area contributed by atoms with Gasteiger partial charge in [0, 0.05) is 11.4 Å². The van der Waals surface area contributed by atoms with Crippen LogP contribution in [0, 0.1) is 5.82 Å². The average molecular weight is 357 g/mol. The molecule has 0 saturated heterocycles. The predicted octanol–water partition coefficient (Wildman–Crippen LogP) is 5.90. The third kappa shape index (κ3) is 2.95. The number of hydrazone groups is 1. The summed E-state index contributed by atoms with van der Waals surface area (Å²) in [6, 6.07) is 18.4. The Balaban J connectivity index is 1.76. The molecule has 24 heavy (non-hydrogen) atoms. The van der Waals surface area contributed by atoms with Crippen LogP contribution in [0.25, 0.3) is 0 Å². The fourth-order valence-corrected chi connectivity index (χ4v) is 3.81. The largest absolute Gasteiger partial charge is 0.257 e. The molecule has 0 bridgehead atoms. The minimum absolute atomic E-state index is 0.0289. The highest BCUT2D eigenvalue weighted by atomic mass is 35.5. The molecule has 0 fully saturated rings. The number of hydrogen-bond donors (Lipinski definition) is 0. The van der Waals surface area contributed by atoms with Crippen molar-refractivity contribution >= 4 is 34.3 Å². The van der Waals surface area contributed by atoms with Gasteiger partial charge in [-0.3, -0.25) is 5.01 Å². The summed E-state index contributed by atoms with van der Waals surface area (Å²) < 4.78 is 13.3. The third-order valence-electron chi connectivity index (χ3n) is 4.04. The first kappa shape index (κ1) is 15.4. The second-order valence-electron chi connectivity index (χ2n) is 5.62. The van der Waals surface area contributed by atoms with E-state index in [2.05, 4.69) is 6.07 Å². The Morgan fingerprint density at radius 2 is 1.92 bits per heavy atom. The second kappa shape index (κ2) is 6.38. The first-order valence-electron chi connectivity index (χ1n) is 7.62. The lowest BCUT2D eigenvalue weighted by Crippen LogP contribution is -2.18. The van der Waals surface area contributed by atoms with Crippen molar-refractivity contribution < 1.29 is 4.39 Å². The van der Waals surface area contributed by atoms with Gasteiger partial charge in [-0.1, -0.05) is 35.9 Å². The lowest BCUT2D eigenvalue weighted by atomic mass is 10.0. The van der Waals surface area contributed by atoms with Gasteiger partial charge in [0.25, 0.3) is 0 Å². The number of rotatable bonds is 3. The Morgan fingerprint density at radius 3 is 2.62 bits per heavy atom. The van der Waals surface area contributed by atoms with Gasteiger partial charge in [0.15, 0.2) is 0 Å². The van der Waals surface area contributed by atoms with E-state index in [9.17, 15) is 4.39 Å². The highest BCUT2D eigenvalue weighted by Gasteiger charge is 2.30. The standard InChI is InChI=1S/C19H14ClFN2S/c20-14-3-1-4-16(11-14)23-18(13-6-8-15(21)9-7-13)12-17(22-23)19-5-2-10-24-19/h1-11,18H,12H2. The quantitative estimate of drug-likeness (QED) is 0.570. The SMILES string of the molecule is Fc1ccc(C2CC(c3cccs3)=NN2c2cccc(Cl)c2)cc1. The van der Waals surface area contributed by atoms with Gasteiger partial charge in [-0.2, -0.15) is 5.10 Å². The first-order valence-corrected chi connectivity index (χ1v) is 8.88. The van der Waals surface area contributed by atoms with E-state index in [1.54, 1.807) is 11.3 Å². The van der Waals surface area contributed by atoms with Gasteiger partial charge in [0.1, 0.15) is 5.82 Å². The molecule has 0 radical (unpaired) electrons. The Labute approximate surface area is 148 Å². The molecule has 2 heterocycles. The molecule has 1 aliphatic heterocycles. The number of nitrogens with zero attached hydrogens (tertiary/aromatic N) is 2. The van der Waals surface area contributed by atoms with Gasteiger partial charge in [-0.05, 0) is 47.3 Å². The minimum Gasteiger partial charge on any atom is -0.257 e. The van der Waals surface area contributed by atoms with E-state index < -0.39 is 0 Å². The Bertz CT molecular complexity index is 875. The van der Waals surface area contributed by atoms with E-state index in [1.807, 2.05) is 52.9 Å². The van der Waals surface area contributed by atoms with E-state index in [0.29, 0.717) is 5.02 Å². The monoisotopic (exact) mass is 356 g/mol. The summed E-state index contributed by atoms with van der Waals surface area (Å²) in [4.78, 5) is 1.16. The molecule has 2 aromatic carbocycles. The van der Waals surface area contributed by atoms with Crippen LogP contribution in [0.5, 0.6) is 0 Å². The summed E-state index contributed by atoms with van der Waals surface area (Å²) in [6.45, 7) is 0. The van der Waals surface area contributed by atoms with Crippen LogP contribution in [0.3, 0.4) is 0 Å². The molecule has 0 amide bonds. The molecule has 0 N–H and O–H groups in total. The van der Waals surface area contributed by atoms with Crippen molar-refractivity contribution in [3.05, 3.63) is 87.3 Å². The van der Waals surface area contributed by atoms with Crippen molar-refractivity contribution in [2.75, 3.05) is 5.01 Å². The smallest absolute Gasteiger partial charge is 0.123 e. The van der Waals surface area contributed by atoms with E-state index in [0.717, 1.165) is 28.3 Å². The third-order valence-corrected chi connectivity index (χ3v) is 5.20. The number of benzene rings is 2. The topological polar surface area (TPSA) is 15.6 Å². The fraction of sp³-hybridized carbons (Fsp3) is 0.105. The summed E-state index contributed by atoms with van der Waals surface area (Å²) in [7, 11) is 0. The summed E-state index contributed by atoms with van der Waals surface area (Å²) in [5.41, 5.74) is 3.01. The molecule has 1 atom stereocenters. The summed E-state index contributed by atoms with van der Waals surface area (Å²) in [5.74, 6) is -0.231. The van der Waals surface area contributed by atoms with Crippen molar-refractivity contribution in [3.63, 3.8) is 0 Å². The van der Waals surface area contributed by atoms with Crippen LogP contribution in [0.2, 0.25) is 5.02 Å². The molecule has 4 rings (SSSR count). The van der Waals surface area contributed by atoms with Crippen LogP contribution in [0.1, 0.15) is 22.9 Å². The molecular weight excluding hydrogens is 343 g/mol. The minimum atomic E-state index is -0.231. The first-order chi connectivity index (χ1) is 11.7. The molecule has 0 spiro atoms. The van der Waals surface area contributed by atoms with Crippen molar-refractivity contribution in [3.8, 4) is 0 Å². The summed E-state index contributed by atoms with van der Waals surface area (Å²) in [6.07, 6.45) is 0.776. The number of anilines is 1. The highest BCUT2D eigenvalue weighted by Crippen LogP contribution is 2.38. The van der Waals surface area contributed by atoms with E-state index >= 15 is 0 Å². The van der Waals surface area contributed by atoms with Gasteiger partial charge < -0.3 is 0 Å². The number of hydrogen-bond acceptors (Lipinski definition) is 3. The maximum Gasteiger partial charge on any atom is 0.123 e. The molecule has 0 saturated carbocycles. The zero-order chi connectivity index (χ0) is 16.5. The van der Waals surface area contributed by atoms with Crippen LogP contribution >= 0.6 is 22.9 Å². The molecule has 2 nitrogen and oxygen atoms in total. The normalized spacial score (nSPS) is 17.2. The molecule has 3 aromatic rings. The van der Waals surface area contributed by atoms with Gasteiger partial charge in [0.05, 0.1) is 22.3 Å². The maximum atomic E-state index is 13.3. The predicted molar refractivity (Wildman–Crippen MR) is 98.5 cm³/mol. The van der Waals surface area contributed by atoms with E-state index in [-0.39, 0.29) is 11.9 Å². The van der Waals surface area contributed by atoms with Crippen molar-refractivity contribution in [2.24, 2.45) is 5.10 Å². The summed E-state index contributed by atoms with van der Waals surface area (Å²) >= 11 is 7.83. The zero-order valence-electron chi connectivity index (χ0n) is 12.7. The van der Waals surface area contributed by atoms with Gasteiger partial charge in [-0.15, -0.1) is 11.3 Å². The van der Waals surface area contributed by atoms with Crippen molar-refractivity contribution in [2.45, 2.75) is 12.5 Å². The second-order valence-corrected chi connectivity index (χ2v) is 7.00. The van der Waals surface area contributed by atoms with Gasteiger partial charge in [0.2, 0.25) is 0 Å². The zero-order valence-corrected chi connectivity index (χ0v) is 14.3. The molecule has 120 valence electrons. The number of halogens is 2. The van der Waals surface area contributed by atoms with Gasteiger partial charge in [-0.25, -0.2) is 4.39 Å². The highest BCUT2D eigenvalue weighted by molar-refractivity contribution is 7.12. The van der Waals surface area contributed by atoms with E-state index in [4.69, 9.17) is 16.7 Å². The Hall–Kier alpha value is -2.17. The Morgan fingerprint density at radius 1 is 1.08 bits per heavy atom. The lowest BCUT2D eigenvalue weighted by Gasteiger charge is -2.24. The van der Waals surface area contributed by atoms with Crippen LogP contribution in [-0.4, -0.2) is 5.71 Å². The molecule has 1 unspecified atom stereocenters.